The van der Waals surface area contributed by atoms with Gasteiger partial charge in [0.15, 0.2) is 0 Å². The van der Waals surface area contributed by atoms with E-state index in [0.717, 1.165) is 66.4 Å². The predicted octanol–water partition coefficient (Wildman–Crippen LogP) is 8.48. The summed E-state index contributed by atoms with van der Waals surface area (Å²) in [4.78, 5) is 17.2. The molecular weight excluding hydrogens is 538 g/mol. The van der Waals surface area contributed by atoms with E-state index in [1.54, 1.807) is 0 Å². The third-order valence-electron chi connectivity index (χ3n) is 8.09. The monoisotopic (exact) mass is 575 g/mol. The van der Waals surface area contributed by atoms with Gasteiger partial charge in [0.2, 0.25) is 0 Å². The fraction of sp³-hybridized carbons (Fsp3) is 0.243. The molecule has 4 aromatic carbocycles. The first-order valence-corrected chi connectivity index (χ1v) is 15.1. The highest BCUT2D eigenvalue weighted by molar-refractivity contribution is 7.81. The molecule has 1 heterocycles. The van der Waals surface area contributed by atoms with Crippen molar-refractivity contribution in [1.29, 1.82) is 0 Å². The lowest BCUT2D eigenvalue weighted by Gasteiger charge is -2.38. The number of hydrogen-bond donors (Lipinski definition) is 2. The van der Waals surface area contributed by atoms with Gasteiger partial charge in [-0.15, -0.1) is 0 Å². The van der Waals surface area contributed by atoms with Crippen LogP contribution in [0.3, 0.4) is 0 Å². The topological polar surface area (TPSA) is 59.4 Å². The van der Waals surface area contributed by atoms with Crippen molar-refractivity contribution < 1.29 is 14.6 Å². The molecule has 0 aliphatic rings. The van der Waals surface area contributed by atoms with Gasteiger partial charge < -0.3 is 9.84 Å². The third kappa shape index (κ3) is 7.40. The second kappa shape index (κ2) is 14.2. The van der Waals surface area contributed by atoms with Crippen LogP contribution in [0.2, 0.25) is 0 Å². The third-order valence-corrected chi connectivity index (χ3v) is 8.81. The lowest BCUT2D eigenvalue weighted by atomic mass is 9.69. The predicted molar refractivity (Wildman–Crippen MR) is 173 cm³/mol. The maximum Gasteiger partial charge on any atom is 0.317 e. The number of carbonyl (C=O) groups is 1. The van der Waals surface area contributed by atoms with Gasteiger partial charge in [-0.25, -0.2) is 4.98 Å². The standard InChI is InChI=1S/C37H37NO3S/c39-36(40)35(42)37(25-9-15-28-11-3-1-4-12-28,26-10-16-29-13-5-2-6-14-29)31-20-23-33(24-21-31)41-27-32-22-19-30-17-7-8-18-34(30)38-32/h1-8,11-14,17-24,35,42H,9-10,15-16,25-27H2,(H,39,40). The Kier molecular flexibility index (Phi) is 9.94. The molecule has 5 rings (SSSR count). The highest BCUT2D eigenvalue weighted by Crippen LogP contribution is 2.42. The van der Waals surface area contributed by atoms with Crippen LogP contribution in [-0.2, 0) is 29.7 Å². The van der Waals surface area contributed by atoms with Gasteiger partial charge >= 0.3 is 5.97 Å². The zero-order valence-electron chi connectivity index (χ0n) is 23.7. The Morgan fingerprint density at radius 2 is 1.31 bits per heavy atom. The van der Waals surface area contributed by atoms with Crippen molar-refractivity contribution in [3.8, 4) is 5.75 Å². The molecular formula is C37H37NO3S. The summed E-state index contributed by atoms with van der Waals surface area (Å²) in [7, 11) is 0. The van der Waals surface area contributed by atoms with Gasteiger partial charge in [-0.2, -0.15) is 12.6 Å². The smallest absolute Gasteiger partial charge is 0.317 e. The first-order valence-electron chi connectivity index (χ1n) is 14.6. The molecule has 4 nitrogen and oxygen atoms in total. The summed E-state index contributed by atoms with van der Waals surface area (Å²) >= 11 is 4.74. The van der Waals surface area contributed by atoms with Crippen molar-refractivity contribution in [1.82, 2.24) is 4.98 Å². The summed E-state index contributed by atoms with van der Waals surface area (Å²) in [5.41, 5.74) is 4.67. The van der Waals surface area contributed by atoms with Crippen LogP contribution in [0.25, 0.3) is 10.9 Å². The number of carboxylic acids is 1. The molecule has 0 fully saturated rings. The molecule has 5 heteroatoms. The number of benzene rings is 4. The Hall–Kier alpha value is -4.09. The van der Waals surface area contributed by atoms with E-state index in [1.165, 1.54) is 11.1 Å². The number of fused-ring (bicyclic) bond motifs is 1. The fourth-order valence-electron chi connectivity index (χ4n) is 5.82. The summed E-state index contributed by atoms with van der Waals surface area (Å²) in [5, 5.41) is 10.5. The summed E-state index contributed by atoms with van der Waals surface area (Å²) in [5.74, 6) is -0.164. The molecule has 0 amide bonds. The summed E-state index contributed by atoms with van der Waals surface area (Å²) in [6.07, 6.45) is 4.95. The van der Waals surface area contributed by atoms with Gasteiger partial charge in [0.1, 0.15) is 17.6 Å². The van der Waals surface area contributed by atoms with Crippen molar-refractivity contribution in [2.45, 2.75) is 55.8 Å². The van der Waals surface area contributed by atoms with Crippen LogP contribution in [0.5, 0.6) is 5.75 Å². The average Bonchev–Trinajstić information content (AvgIpc) is 3.04. The first kappa shape index (κ1) is 29.4. The van der Waals surface area contributed by atoms with E-state index < -0.39 is 16.6 Å². The van der Waals surface area contributed by atoms with E-state index in [1.807, 2.05) is 91.0 Å². The van der Waals surface area contributed by atoms with Crippen molar-refractivity contribution in [3.05, 3.63) is 144 Å². The highest BCUT2D eigenvalue weighted by Gasteiger charge is 2.41. The van der Waals surface area contributed by atoms with Crippen LogP contribution in [0.4, 0.5) is 0 Å². The highest BCUT2D eigenvalue weighted by atomic mass is 32.1. The molecule has 1 N–H and O–H groups in total. The molecule has 0 bridgehead atoms. The van der Waals surface area contributed by atoms with Crippen molar-refractivity contribution in [2.24, 2.45) is 0 Å². The normalized spacial score (nSPS) is 12.2. The second-order valence-corrected chi connectivity index (χ2v) is 11.4. The zero-order valence-corrected chi connectivity index (χ0v) is 24.6. The van der Waals surface area contributed by atoms with E-state index in [2.05, 4.69) is 30.3 Å². The molecule has 1 atom stereocenters. The molecule has 42 heavy (non-hydrogen) atoms. The number of aryl methyl sites for hydroxylation is 2. The molecule has 0 radical (unpaired) electrons. The Morgan fingerprint density at radius 3 is 1.90 bits per heavy atom. The van der Waals surface area contributed by atoms with Gasteiger partial charge in [0.05, 0.1) is 11.2 Å². The largest absolute Gasteiger partial charge is 0.487 e. The van der Waals surface area contributed by atoms with Crippen LogP contribution in [-0.4, -0.2) is 21.3 Å². The number of hydrogen-bond acceptors (Lipinski definition) is 4. The zero-order chi connectivity index (χ0) is 29.2. The van der Waals surface area contributed by atoms with Crippen LogP contribution in [0.1, 0.15) is 48.1 Å². The molecule has 0 saturated carbocycles. The molecule has 0 spiro atoms. The Morgan fingerprint density at radius 1 is 0.738 bits per heavy atom. The number of carboxylic acid groups (broad SMARTS) is 1. The number of para-hydroxylation sites is 1. The van der Waals surface area contributed by atoms with E-state index in [0.29, 0.717) is 6.61 Å². The van der Waals surface area contributed by atoms with Gasteiger partial charge in [-0.3, -0.25) is 4.79 Å². The Bertz CT molecular complexity index is 1530. The first-order chi connectivity index (χ1) is 20.5. The lowest BCUT2D eigenvalue weighted by Crippen LogP contribution is -2.41. The lowest BCUT2D eigenvalue weighted by molar-refractivity contribution is -0.138. The van der Waals surface area contributed by atoms with Gasteiger partial charge in [-0.05, 0) is 79.5 Å². The van der Waals surface area contributed by atoms with Crippen LogP contribution in [0.15, 0.2) is 121 Å². The minimum atomic E-state index is -0.888. The van der Waals surface area contributed by atoms with Crippen LogP contribution in [0, 0.1) is 0 Å². The van der Waals surface area contributed by atoms with E-state index >= 15 is 0 Å². The molecule has 214 valence electrons. The maximum absolute atomic E-state index is 12.5. The summed E-state index contributed by atoms with van der Waals surface area (Å²) in [6, 6.07) is 40.8. The number of thiol groups is 1. The van der Waals surface area contributed by atoms with E-state index in [4.69, 9.17) is 22.3 Å². The summed E-state index contributed by atoms with van der Waals surface area (Å²) < 4.78 is 6.10. The van der Waals surface area contributed by atoms with Gasteiger partial charge in [0, 0.05) is 10.8 Å². The van der Waals surface area contributed by atoms with E-state index in [9.17, 15) is 9.90 Å². The maximum atomic E-state index is 12.5. The number of rotatable bonds is 14. The van der Waals surface area contributed by atoms with Crippen molar-refractivity contribution in [2.75, 3.05) is 0 Å². The summed E-state index contributed by atoms with van der Waals surface area (Å²) in [6.45, 7) is 0.355. The Balaban J connectivity index is 1.36. The molecule has 0 saturated heterocycles. The molecule has 5 aromatic rings. The average molecular weight is 576 g/mol. The second-order valence-electron chi connectivity index (χ2n) is 10.9. The molecule has 1 aromatic heterocycles. The van der Waals surface area contributed by atoms with Gasteiger partial charge in [-0.1, -0.05) is 97.1 Å². The fourth-order valence-corrected chi connectivity index (χ4v) is 6.22. The van der Waals surface area contributed by atoms with Crippen LogP contribution >= 0.6 is 12.6 Å². The Labute approximate surface area is 253 Å². The molecule has 0 aliphatic carbocycles. The van der Waals surface area contributed by atoms with Crippen molar-refractivity contribution >= 4 is 29.5 Å². The minimum absolute atomic E-state index is 0.355. The molecule has 1 unspecified atom stereocenters. The molecule has 0 aliphatic heterocycles. The number of aromatic nitrogens is 1. The number of pyridine rings is 1. The number of nitrogens with zero attached hydrogens (tertiary/aromatic N) is 1. The SMILES string of the molecule is O=C(O)C(S)C(CCCc1ccccc1)(CCCc1ccccc1)c1ccc(OCc2ccc3ccccc3n2)cc1. The van der Waals surface area contributed by atoms with Crippen LogP contribution < -0.4 is 4.74 Å². The minimum Gasteiger partial charge on any atom is -0.487 e. The number of aliphatic carboxylic acids is 1. The van der Waals surface area contributed by atoms with E-state index in [-0.39, 0.29) is 0 Å². The number of ether oxygens (including phenoxy) is 1. The van der Waals surface area contributed by atoms with Crippen molar-refractivity contribution in [3.63, 3.8) is 0 Å². The quantitative estimate of drug-likeness (QED) is 0.130. The van der Waals surface area contributed by atoms with Gasteiger partial charge in [0.25, 0.3) is 0 Å².